The number of guanidine groups is 1. The number of nitrogens with zero attached hydrogens (tertiary/aromatic N) is 3. The minimum Gasteiger partial charge on any atom is -0.385 e. The fourth-order valence-electron chi connectivity index (χ4n) is 2.93. The van der Waals surface area contributed by atoms with Crippen molar-refractivity contribution >= 4 is 17.0 Å². The summed E-state index contributed by atoms with van der Waals surface area (Å²) in [4.78, 5) is 8.69. The molecule has 2 aromatic carbocycles. The van der Waals surface area contributed by atoms with Crippen LogP contribution in [0.2, 0.25) is 0 Å². The zero-order valence-corrected chi connectivity index (χ0v) is 16.0. The predicted molar refractivity (Wildman–Crippen MR) is 110 cm³/mol. The summed E-state index contributed by atoms with van der Waals surface area (Å²) in [6.45, 7) is 3.14. The van der Waals surface area contributed by atoms with E-state index < -0.39 is 0 Å². The lowest BCUT2D eigenvalue weighted by molar-refractivity contribution is 0.195. The molecule has 142 valence electrons. The second-order valence-electron chi connectivity index (χ2n) is 6.38. The SMILES string of the molecule is CN=C(NCCCOC)NCc1ccc(Cn2cnc3ccccc32)cc1. The van der Waals surface area contributed by atoms with Gasteiger partial charge in [-0.1, -0.05) is 36.4 Å². The molecule has 0 aliphatic heterocycles. The second-order valence-corrected chi connectivity index (χ2v) is 6.38. The number of hydrogen-bond acceptors (Lipinski definition) is 3. The van der Waals surface area contributed by atoms with E-state index in [-0.39, 0.29) is 0 Å². The van der Waals surface area contributed by atoms with Gasteiger partial charge in [-0.3, -0.25) is 4.99 Å². The Morgan fingerprint density at radius 1 is 1.07 bits per heavy atom. The lowest BCUT2D eigenvalue weighted by atomic mass is 10.1. The van der Waals surface area contributed by atoms with Crippen LogP contribution in [0.15, 0.2) is 59.9 Å². The second kappa shape index (κ2) is 9.73. The monoisotopic (exact) mass is 365 g/mol. The van der Waals surface area contributed by atoms with Crippen LogP contribution in [0, 0.1) is 0 Å². The van der Waals surface area contributed by atoms with Crippen molar-refractivity contribution in [1.82, 2.24) is 20.2 Å². The zero-order valence-electron chi connectivity index (χ0n) is 16.0. The first kappa shape index (κ1) is 18.9. The number of fused-ring (bicyclic) bond motifs is 1. The van der Waals surface area contributed by atoms with Gasteiger partial charge in [0, 0.05) is 40.4 Å². The molecule has 0 aliphatic carbocycles. The fraction of sp³-hybridized carbons (Fsp3) is 0.333. The van der Waals surface area contributed by atoms with Gasteiger partial charge in [0.2, 0.25) is 0 Å². The molecule has 0 saturated carbocycles. The summed E-state index contributed by atoms with van der Waals surface area (Å²) < 4.78 is 7.23. The van der Waals surface area contributed by atoms with Gasteiger partial charge in [-0.25, -0.2) is 4.98 Å². The molecule has 3 aromatic rings. The summed E-state index contributed by atoms with van der Waals surface area (Å²) >= 11 is 0. The van der Waals surface area contributed by atoms with E-state index in [1.807, 2.05) is 24.5 Å². The third kappa shape index (κ3) is 5.31. The molecule has 0 saturated heterocycles. The molecule has 6 heteroatoms. The average molecular weight is 365 g/mol. The van der Waals surface area contributed by atoms with Crippen LogP contribution in [-0.2, 0) is 17.8 Å². The smallest absolute Gasteiger partial charge is 0.191 e. The van der Waals surface area contributed by atoms with Gasteiger partial charge in [-0.05, 0) is 29.7 Å². The van der Waals surface area contributed by atoms with Crippen LogP contribution >= 0.6 is 0 Å². The van der Waals surface area contributed by atoms with E-state index in [1.54, 1.807) is 14.2 Å². The van der Waals surface area contributed by atoms with E-state index in [9.17, 15) is 0 Å². The minimum atomic E-state index is 0.734. The van der Waals surface area contributed by atoms with Crippen molar-refractivity contribution in [3.05, 3.63) is 66.0 Å². The maximum absolute atomic E-state index is 5.05. The molecule has 0 bridgehead atoms. The van der Waals surface area contributed by atoms with Gasteiger partial charge in [0.15, 0.2) is 5.96 Å². The number of imidazole rings is 1. The number of para-hydroxylation sites is 2. The lowest BCUT2D eigenvalue weighted by Gasteiger charge is -2.12. The number of benzene rings is 2. The lowest BCUT2D eigenvalue weighted by Crippen LogP contribution is -2.37. The Kier molecular flexibility index (Phi) is 6.82. The average Bonchev–Trinajstić information content (AvgIpc) is 3.11. The number of hydrogen-bond donors (Lipinski definition) is 2. The summed E-state index contributed by atoms with van der Waals surface area (Å²) in [6.07, 6.45) is 2.86. The summed E-state index contributed by atoms with van der Waals surface area (Å²) in [5.74, 6) is 0.806. The quantitative estimate of drug-likeness (QED) is 0.366. The largest absolute Gasteiger partial charge is 0.385 e. The number of aromatic nitrogens is 2. The topological polar surface area (TPSA) is 63.5 Å². The van der Waals surface area contributed by atoms with Gasteiger partial charge >= 0.3 is 0 Å². The first-order chi connectivity index (χ1) is 13.3. The molecule has 0 spiro atoms. The normalized spacial score (nSPS) is 11.7. The molecule has 0 radical (unpaired) electrons. The molecule has 0 fully saturated rings. The first-order valence-corrected chi connectivity index (χ1v) is 9.21. The Balaban J connectivity index is 1.52. The maximum Gasteiger partial charge on any atom is 0.191 e. The minimum absolute atomic E-state index is 0.734. The Morgan fingerprint density at radius 3 is 2.63 bits per heavy atom. The first-order valence-electron chi connectivity index (χ1n) is 9.21. The van der Waals surface area contributed by atoms with E-state index in [1.165, 1.54) is 11.1 Å². The molecule has 3 rings (SSSR count). The summed E-state index contributed by atoms with van der Waals surface area (Å²) in [5, 5.41) is 6.62. The summed E-state index contributed by atoms with van der Waals surface area (Å²) in [5.41, 5.74) is 4.66. The van der Waals surface area contributed by atoms with Crippen LogP contribution in [0.4, 0.5) is 0 Å². The van der Waals surface area contributed by atoms with Crippen LogP contribution in [-0.4, -0.2) is 42.8 Å². The Bertz CT molecular complexity index is 870. The van der Waals surface area contributed by atoms with Crippen molar-refractivity contribution in [3.63, 3.8) is 0 Å². The molecular formula is C21H27N5O. The molecule has 0 aliphatic rings. The summed E-state index contributed by atoms with van der Waals surface area (Å²) in [7, 11) is 3.50. The molecule has 27 heavy (non-hydrogen) atoms. The van der Waals surface area contributed by atoms with E-state index in [0.717, 1.165) is 49.7 Å². The van der Waals surface area contributed by atoms with Crippen molar-refractivity contribution in [2.24, 2.45) is 4.99 Å². The number of nitrogens with one attached hydrogen (secondary N) is 2. The number of rotatable bonds is 8. The van der Waals surface area contributed by atoms with Crippen molar-refractivity contribution in [1.29, 1.82) is 0 Å². The van der Waals surface area contributed by atoms with Crippen molar-refractivity contribution < 1.29 is 4.74 Å². The van der Waals surface area contributed by atoms with Gasteiger partial charge in [-0.15, -0.1) is 0 Å². The van der Waals surface area contributed by atoms with Gasteiger partial charge < -0.3 is 19.9 Å². The van der Waals surface area contributed by atoms with E-state index in [0.29, 0.717) is 0 Å². The van der Waals surface area contributed by atoms with E-state index in [4.69, 9.17) is 4.74 Å². The highest BCUT2D eigenvalue weighted by molar-refractivity contribution is 5.79. The summed E-state index contributed by atoms with van der Waals surface area (Å²) in [6, 6.07) is 16.8. The highest BCUT2D eigenvalue weighted by atomic mass is 16.5. The highest BCUT2D eigenvalue weighted by Crippen LogP contribution is 2.14. The maximum atomic E-state index is 5.05. The van der Waals surface area contributed by atoms with Crippen LogP contribution in [0.1, 0.15) is 17.5 Å². The van der Waals surface area contributed by atoms with Gasteiger partial charge in [0.1, 0.15) is 0 Å². The predicted octanol–water partition coefficient (Wildman–Crippen LogP) is 2.79. The molecule has 0 amide bonds. The fourth-order valence-corrected chi connectivity index (χ4v) is 2.93. The van der Waals surface area contributed by atoms with Gasteiger partial charge in [0.05, 0.1) is 17.4 Å². The van der Waals surface area contributed by atoms with Crippen LogP contribution in [0.5, 0.6) is 0 Å². The van der Waals surface area contributed by atoms with E-state index in [2.05, 4.69) is 55.5 Å². The van der Waals surface area contributed by atoms with Crippen molar-refractivity contribution in [2.45, 2.75) is 19.5 Å². The Hall–Kier alpha value is -2.86. The molecule has 1 heterocycles. The zero-order chi connectivity index (χ0) is 18.9. The molecule has 1 aromatic heterocycles. The third-order valence-corrected chi connectivity index (χ3v) is 4.40. The highest BCUT2D eigenvalue weighted by Gasteiger charge is 2.03. The molecule has 2 N–H and O–H groups in total. The number of ether oxygens (including phenoxy) is 1. The van der Waals surface area contributed by atoms with Crippen molar-refractivity contribution in [3.8, 4) is 0 Å². The standard InChI is InChI=1S/C21H27N5O/c1-22-21(23-12-5-13-27-2)24-14-17-8-10-18(11-9-17)15-26-16-25-19-6-3-4-7-20(19)26/h3-4,6-11,16H,5,12-15H2,1-2H3,(H2,22,23,24). The van der Waals surface area contributed by atoms with Crippen LogP contribution in [0.3, 0.4) is 0 Å². The molecule has 0 unspecified atom stereocenters. The van der Waals surface area contributed by atoms with Gasteiger partial charge in [-0.2, -0.15) is 0 Å². The Morgan fingerprint density at radius 2 is 1.85 bits per heavy atom. The molecule has 6 nitrogen and oxygen atoms in total. The molecular weight excluding hydrogens is 338 g/mol. The Labute approximate surface area is 160 Å². The van der Waals surface area contributed by atoms with Crippen LogP contribution in [0.25, 0.3) is 11.0 Å². The number of methoxy groups -OCH3 is 1. The van der Waals surface area contributed by atoms with E-state index >= 15 is 0 Å². The third-order valence-electron chi connectivity index (χ3n) is 4.40. The molecule has 0 atom stereocenters. The van der Waals surface area contributed by atoms with Crippen molar-refractivity contribution in [2.75, 3.05) is 27.3 Å². The van der Waals surface area contributed by atoms with Gasteiger partial charge in [0.25, 0.3) is 0 Å². The number of aliphatic imine (C=N–C) groups is 1. The van der Waals surface area contributed by atoms with Crippen LogP contribution < -0.4 is 10.6 Å².